The fraction of sp³-hybridized carbons (Fsp3) is 0.526. The lowest BCUT2D eigenvalue weighted by molar-refractivity contribution is -0.126. The zero-order valence-corrected chi connectivity index (χ0v) is 17.2. The number of carbonyl (C=O) groups excluding carboxylic acids is 2. The molecule has 2 fully saturated rings. The molecule has 9 nitrogen and oxygen atoms in total. The van der Waals surface area contributed by atoms with E-state index in [9.17, 15) is 18.0 Å². The highest BCUT2D eigenvalue weighted by Gasteiger charge is 2.35. The van der Waals surface area contributed by atoms with Crippen LogP contribution in [0.5, 0.6) is 0 Å². The Labute approximate surface area is 170 Å². The normalized spacial score (nSPS) is 24.9. The monoisotopic (exact) mass is 419 g/mol. The summed E-state index contributed by atoms with van der Waals surface area (Å²) in [6.45, 7) is 4.18. The predicted molar refractivity (Wildman–Crippen MR) is 109 cm³/mol. The Bertz CT molecular complexity index is 936. The molecule has 3 aliphatic heterocycles. The zero-order chi connectivity index (χ0) is 20.6. The van der Waals surface area contributed by atoms with Crippen LogP contribution in [0.4, 0.5) is 5.69 Å². The maximum absolute atomic E-state index is 12.9. The van der Waals surface area contributed by atoms with E-state index >= 15 is 0 Å². The van der Waals surface area contributed by atoms with Crippen LogP contribution in [0.1, 0.15) is 12.0 Å². The van der Waals surface area contributed by atoms with Crippen molar-refractivity contribution in [3.8, 4) is 0 Å². The highest BCUT2D eigenvalue weighted by atomic mass is 32.2. The third-order valence-electron chi connectivity index (χ3n) is 5.66. The topological polar surface area (TPSA) is 102 Å². The minimum Gasteiger partial charge on any atom is -0.333 e. The average molecular weight is 420 g/mol. The molecule has 1 N–H and O–H groups in total. The Kier molecular flexibility index (Phi) is 5.30. The van der Waals surface area contributed by atoms with Crippen molar-refractivity contribution in [1.29, 1.82) is 0 Å². The number of amides is 2. The van der Waals surface area contributed by atoms with Gasteiger partial charge in [-0.2, -0.15) is 0 Å². The van der Waals surface area contributed by atoms with Crippen molar-refractivity contribution >= 4 is 33.2 Å². The lowest BCUT2D eigenvalue weighted by atomic mass is 10.2. The Morgan fingerprint density at radius 3 is 2.45 bits per heavy atom. The number of hydrazine groups is 1. The van der Waals surface area contributed by atoms with Gasteiger partial charge in [-0.15, -0.1) is 0 Å². The fourth-order valence-electron chi connectivity index (χ4n) is 3.94. The molecule has 1 unspecified atom stereocenters. The molecule has 0 radical (unpaired) electrons. The standard InChI is InChI=1S/C19H25N5O4S/c1-14-2-4-15(5-3-14)24-17(25)12-20-18(21-24)19(26)23-9-7-22(8-10-23)16-6-11-29(27,28)13-16/h2-5,16H,6-13H2,1H3,(H,20,21). The highest BCUT2D eigenvalue weighted by molar-refractivity contribution is 7.91. The van der Waals surface area contributed by atoms with Crippen LogP contribution in [0.15, 0.2) is 29.3 Å². The van der Waals surface area contributed by atoms with Crippen molar-refractivity contribution < 1.29 is 18.0 Å². The Hall–Kier alpha value is -2.46. The van der Waals surface area contributed by atoms with E-state index in [1.54, 1.807) is 4.90 Å². The van der Waals surface area contributed by atoms with Crippen molar-refractivity contribution in [2.24, 2.45) is 4.99 Å². The number of nitrogens with one attached hydrogen (secondary N) is 1. The number of nitrogens with zero attached hydrogens (tertiary/aromatic N) is 4. The Morgan fingerprint density at radius 2 is 1.83 bits per heavy atom. The predicted octanol–water partition coefficient (Wildman–Crippen LogP) is -0.424. The van der Waals surface area contributed by atoms with Crippen molar-refractivity contribution in [1.82, 2.24) is 15.2 Å². The minimum absolute atomic E-state index is 0.0528. The van der Waals surface area contributed by atoms with Gasteiger partial charge in [0.25, 0.3) is 11.8 Å². The van der Waals surface area contributed by atoms with Gasteiger partial charge in [-0.1, -0.05) is 17.7 Å². The van der Waals surface area contributed by atoms with Crippen molar-refractivity contribution in [3.63, 3.8) is 0 Å². The number of aryl methyl sites for hydroxylation is 1. The number of aliphatic imine (C=N–C) groups is 1. The number of carbonyl (C=O) groups is 2. The fourth-order valence-corrected chi connectivity index (χ4v) is 5.70. The molecule has 0 aromatic heterocycles. The van der Waals surface area contributed by atoms with Gasteiger partial charge in [0.15, 0.2) is 9.84 Å². The van der Waals surface area contributed by atoms with Crippen LogP contribution in [-0.4, -0.2) is 86.1 Å². The van der Waals surface area contributed by atoms with Gasteiger partial charge in [-0.3, -0.25) is 24.9 Å². The van der Waals surface area contributed by atoms with E-state index in [1.165, 1.54) is 5.01 Å². The van der Waals surface area contributed by atoms with Gasteiger partial charge in [0, 0.05) is 32.2 Å². The van der Waals surface area contributed by atoms with E-state index in [0.29, 0.717) is 38.3 Å². The highest BCUT2D eigenvalue weighted by Crippen LogP contribution is 2.20. The van der Waals surface area contributed by atoms with Crippen molar-refractivity contribution in [3.05, 3.63) is 29.8 Å². The summed E-state index contributed by atoms with van der Waals surface area (Å²) >= 11 is 0. The molecule has 4 rings (SSSR count). The summed E-state index contributed by atoms with van der Waals surface area (Å²) in [5.41, 5.74) is 4.60. The molecule has 1 aromatic carbocycles. The van der Waals surface area contributed by atoms with Crippen LogP contribution in [0.2, 0.25) is 0 Å². The van der Waals surface area contributed by atoms with Gasteiger partial charge in [-0.05, 0) is 25.5 Å². The van der Waals surface area contributed by atoms with E-state index in [4.69, 9.17) is 0 Å². The molecule has 2 saturated heterocycles. The zero-order valence-electron chi connectivity index (χ0n) is 16.4. The summed E-state index contributed by atoms with van der Waals surface area (Å²) in [4.78, 5) is 33.1. The van der Waals surface area contributed by atoms with Gasteiger partial charge in [0.1, 0.15) is 6.54 Å². The molecule has 0 spiro atoms. The number of rotatable bonds is 3. The second kappa shape index (κ2) is 7.75. The van der Waals surface area contributed by atoms with E-state index < -0.39 is 9.84 Å². The molecule has 0 aliphatic carbocycles. The first-order chi connectivity index (χ1) is 13.8. The number of hydrogen-bond donors (Lipinski definition) is 1. The van der Waals surface area contributed by atoms with Crippen LogP contribution in [0.25, 0.3) is 0 Å². The minimum atomic E-state index is -2.92. The second-order valence-electron chi connectivity index (χ2n) is 7.73. The number of anilines is 1. The van der Waals surface area contributed by atoms with Crippen molar-refractivity contribution in [2.45, 2.75) is 19.4 Å². The SMILES string of the molecule is Cc1ccc(N2NC(C(=O)N3CCN(C4CCS(=O)(=O)C4)CC3)=NCC2=O)cc1. The number of sulfone groups is 1. The van der Waals surface area contributed by atoms with Gasteiger partial charge >= 0.3 is 0 Å². The van der Waals surface area contributed by atoms with Crippen LogP contribution in [0.3, 0.4) is 0 Å². The number of amidine groups is 1. The molecule has 156 valence electrons. The van der Waals surface area contributed by atoms with Gasteiger partial charge in [0.05, 0.1) is 17.2 Å². The van der Waals surface area contributed by atoms with Gasteiger partial charge in [-0.25, -0.2) is 13.4 Å². The third kappa shape index (κ3) is 4.27. The summed E-state index contributed by atoms with van der Waals surface area (Å²) in [5, 5.41) is 1.36. The third-order valence-corrected chi connectivity index (χ3v) is 7.41. The maximum atomic E-state index is 12.9. The van der Waals surface area contributed by atoms with Crippen molar-refractivity contribution in [2.75, 3.05) is 49.2 Å². The van der Waals surface area contributed by atoms with Crippen LogP contribution >= 0.6 is 0 Å². The molecule has 2 amide bonds. The number of hydrogen-bond acceptors (Lipinski definition) is 7. The second-order valence-corrected chi connectivity index (χ2v) is 9.96. The summed E-state index contributed by atoms with van der Waals surface area (Å²) in [6.07, 6.45) is 0.665. The van der Waals surface area contributed by atoms with Gasteiger partial charge in [0.2, 0.25) is 5.84 Å². The Balaban J connectivity index is 1.37. The summed E-state index contributed by atoms with van der Waals surface area (Å²) < 4.78 is 23.4. The molecular formula is C19H25N5O4S. The molecule has 3 heterocycles. The van der Waals surface area contributed by atoms with Gasteiger partial charge < -0.3 is 4.90 Å². The van der Waals surface area contributed by atoms with Crippen LogP contribution < -0.4 is 10.4 Å². The largest absolute Gasteiger partial charge is 0.333 e. The van der Waals surface area contributed by atoms with Crippen LogP contribution in [-0.2, 0) is 19.4 Å². The molecule has 0 bridgehead atoms. The molecule has 0 saturated carbocycles. The van der Waals surface area contributed by atoms with E-state index in [-0.39, 0.29) is 41.7 Å². The summed E-state index contributed by atoms with van der Waals surface area (Å²) in [7, 11) is -2.92. The molecular weight excluding hydrogens is 394 g/mol. The lowest BCUT2D eigenvalue weighted by Gasteiger charge is -2.38. The van der Waals surface area contributed by atoms with E-state index in [0.717, 1.165) is 5.56 Å². The first kappa shape index (κ1) is 19.8. The Morgan fingerprint density at radius 1 is 1.14 bits per heavy atom. The first-order valence-corrected chi connectivity index (χ1v) is 11.6. The lowest BCUT2D eigenvalue weighted by Crippen LogP contribution is -2.59. The molecule has 1 atom stereocenters. The summed E-state index contributed by atoms with van der Waals surface area (Å²) in [6, 6.07) is 7.50. The van der Waals surface area contributed by atoms with E-state index in [2.05, 4.69) is 15.3 Å². The molecule has 10 heteroatoms. The first-order valence-electron chi connectivity index (χ1n) is 9.77. The molecule has 1 aromatic rings. The molecule has 29 heavy (non-hydrogen) atoms. The quantitative estimate of drug-likeness (QED) is 0.714. The smallest absolute Gasteiger partial charge is 0.290 e. The molecule has 3 aliphatic rings. The average Bonchev–Trinajstić information content (AvgIpc) is 3.08. The number of benzene rings is 1. The number of piperazine rings is 1. The summed E-state index contributed by atoms with van der Waals surface area (Å²) in [5.74, 6) is 0.150. The maximum Gasteiger partial charge on any atom is 0.290 e. The van der Waals surface area contributed by atoms with Crippen LogP contribution in [0, 0.1) is 6.92 Å². The van der Waals surface area contributed by atoms with E-state index in [1.807, 2.05) is 31.2 Å².